The molecular weight excluding hydrogens is 327 g/mol. The van der Waals surface area contributed by atoms with Crippen LogP contribution in [-0.4, -0.2) is 25.5 Å². The number of ether oxygens (including phenoxy) is 2. The van der Waals surface area contributed by atoms with E-state index in [9.17, 15) is 14.0 Å². The van der Waals surface area contributed by atoms with Crippen molar-refractivity contribution in [3.8, 4) is 5.75 Å². The van der Waals surface area contributed by atoms with Crippen molar-refractivity contribution in [1.29, 1.82) is 0 Å². The highest BCUT2D eigenvalue weighted by Gasteiger charge is 2.14. The molecule has 6 nitrogen and oxygen atoms in total. The monoisotopic (exact) mass is 346 g/mol. The van der Waals surface area contributed by atoms with Gasteiger partial charge in [0.1, 0.15) is 11.6 Å². The van der Waals surface area contributed by atoms with Gasteiger partial charge in [0, 0.05) is 17.7 Å². The lowest BCUT2D eigenvalue weighted by molar-refractivity contribution is 0.0844. The van der Waals surface area contributed by atoms with Gasteiger partial charge in [-0.3, -0.25) is 20.4 Å². The Morgan fingerprint density at radius 3 is 2.48 bits per heavy atom. The first-order valence-electron chi connectivity index (χ1n) is 7.66. The van der Waals surface area contributed by atoms with Gasteiger partial charge >= 0.3 is 0 Å². The summed E-state index contributed by atoms with van der Waals surface area (Å²) in [5.74, 6) is -1.35. The summed E-state index contributed by atoms with van der Waals surface area (Å²) >= 11 is 0. The van der Waals surface area contributed by atoms with E-state index in [2.05, 4.69) is 10.9 Å². The summed E-state index contributed by atoms with van der Waals surface area (Å²) in [7, 11) is 1.53. The summed E-state index contributed by atoms with van der Waals surface area (Å²) in [5, 5.41) is 0. The number of amides is 2. The molecule has 0 aliphatic carbocycles. The maximum atomic E-state index is 13.5. The van der Waals surface area contributed by atoms with Crippen molar-refractivity contribution >= 4 is 11.8 Å². The van der Waals surface area contributed by atoms with Gasteiger partial charge in [-0.2, -0.15) is 0 Å². The second-order valence-electron chi connectivity index (χ2n) is 5.05. The molecule has 0 bridgehead atoms. The summed E-state index contributed by atoms with van der Waals surface area (Å²) in [6.45, 7) is 2.68. The quantitative estimate of drug-likeness (QED) is 0.788. The van der Waals surface area contributed by atoms with Crippen molar-refractivity contribution in [1.82, 2.24) is 10.9 Å². The Balaban J connectivity index is 2.05. The van der Waals surface area contributed by atoms with Crippen LogP contribution in [0.2, 0.25) is 0 Å². The number of methoxy groups -OCH3 is 1. The number of hydrogen-bond donors (Lipinski definition) is 2. The number of nitrogens with one attached hydrogen (secondary N) is 2. The Morgan fingerprint density at radius 2 is 1.80 bits per heavy atom. The smallest absolute Gasteiger partial charge is 0.272 e. The number of halogens is 1. The average molecular weight is 346 g/mol. The minimum Gasteiger partial charge on any atom is -0.496 e. The van der Waals surface area contributed by atoms with Gasteiger partial charge in [0.15, 0.2) is 0 Å². The van der Waals surface area contributed by atoms with Crippen LogP contribution < -0.4 is 15.6 Å². The van der Waals surface area contributed by atoms with Crippen LogP contribution in [-0.2, 0) is 11.3 Å². The summed E-state index contributed by atoms with van der Waals surface area (Å²) in [5.41, 5.74) is 5.30. The van der Waals surface area contributed by atoms with Gasteiger partial charge in [0.2, 0.25) is 0 Å². The van der Waals surface area contributed by atoms with Gasteiger partial charge < -0.3 is 9.47 Å². The molecule has 2 N–H and O–H groups in total. The van der Waals surface area contributed by atoms with Crippen molar-refractivity contribution in [2.45, 2.75) is 13.5 Å². The van der Waals surface area contributed by atoms with E-state index < -0.39 is 17.6 Å². The topological polar surface area (TPSA) is 76.7 Å². The van der Waals surface area contributed by atoms with Crippen LogP contribution in [0.1, 0.15) is 33.2 Å². The van der Waals surface area contributed by atoms with Crippen molar-refractivity contribution in [3.63, 3.8) is 0 Å². The predicted octanol–water partition coefficient (Wildman–Crippen LogP) is 2.45. The Kier molecular flexibility index (Phi) is 6.47. The second-order valence-corrected chi connectivity index (χ2v) is 5.05. The molecule has 0 aliphatic rings. The SMILES string of the molecule is CCOCc1cc(C(=O)NNC(=O)c2ccccc2F)ccc1OC. The average Bonchev–Trinajstić information content (AvgIpc) is 2.64. The van der Waals surface area contributed by atoms with E-state index in [1.807, 2.05) is 6.92 Å². The van der Waals surface area contributed by atoms with Crippen LogP contribution in [0.4, 0.5) is 4.39 Å². The number of carbonyl (C=O) groups is 2. The van der Waals surface area contributed by atoms with E-state index in [4.69, 9.17) is 9.47 Å². The zero-order valence-corrected chi connectivity index (χ0v) is 14.0. The third-order valence-corrected chi connectivity index (χ3v) is 3.41. The minimum atomic E-state index is -0.741. The lowest BCUT2D eigenvalue weighted by Crippen LogP contribution is -2.42. The van der Waals surface area contributed by atoms with E-state index in [-0.39, 0.29) is 5.56 Å². The molecule has 0 radical (unpaired) electrons. The molecule has 0 aromatic heterocycles. The van der Waals surface area contributed by atoms with Crippen molar-refractivity contribution in [3.05, 3.63) is 65.0 Å². The lowest BCUT2D eigenvalue weighted by atomic mass is 10.1. The zero-order chi connectivity index (χ0) is 18.2. The molecular formula is C18H19FN2O4. The highest BCUT2D eigenvalue weighted by molar-refractivity contribution is 5.99. The van der Waals surface area contributed by atoms with Crippen LogP contribution >= 0.6 is 0 Å². The molecule has 0 heterocycles. The molecule has 0 fully saturated rings. The number of hydrazine groups is 1. The molecule has 0 unspecified atom stereocenters. The van der Waals surface area contributed by atoms with Gasteiger partial charge in [0.25, 0.3) is 11.8 Å². The van der Waals surface area contributed by atoms with Gasteiger partial charge in [-0.1, -0.05) is 12.1 Å². The fraction of sp³-hybridized carbons (Fsp3) is 0.222. The molecule has 0 spiro atoms. The largest absolute Gasteiger partial charge is 0.496 e. The Hall–Kier alpha value is -2.93. The molecule has 0 aliphatic heterocycles. The molecule has 0 saturated heterocycles. The maximum absolute atomic E-state index is 13.5. The highest BCUT2D eigenvalue weighted by Crippen LogP contribution is 2.20. The molecule has 2 amide bonds. The Morgan fingerprint density at radius 1 is 1.08 bits per heavy atom. The molecule has 0 atom stereocenters. The van der Waals surface area contributed by atoms with Gasteiger partial charge in [-0.15, -0.1) is 0 Å². The van der Waals surface area contributed by atoms with Crippen molar-refractivity contribution < 1.29 is 23.5 Å². The van der Waals surface area contributed by atoms with Crippen LogP contribution in [0.15, 0.2) is 42.5 Å². The van der Waals surface area contributed by atoms with Crippen LogP contribution in [0.5, 0.6) is 5.75 Å². The lowest BCUT2D eigenvalue weighted by Gasteiger charge is -2.12. The fourth-order valence-electron chi connectivity index (χ4n) is 2.14. The first-order valence-corrected chi connectivity index (χ1v) is 7.66. The second kappa shape index (κ2) is 8.79. The van der Waals surface area contributed by atoms with Crippen LogP contribution in [0, 0.1) is 5.82 Å². The summed E-state index contributed by atoms with van der Waals surface area (Å²) in [6, 6.07) is 10.3. The Labute approximate surface area is 144 Å². The van der Waals surface area contributed by atoms with E-state index in [1.165, 1.54) is 31.4 Å². The van der Waals surface area contributed by atoms with E-state index in [0.29, 0.717) is 30.1 Å². The summed E-state index contributed by atoms with van der Waals surface area (Å²) in [4.78, 5) is 24.1. The Bertz CT molecular complexity index is 764. The van der Waals surface area contributed by atoms with Gasteiger partial charge in [0.05, 0.1) is 19.3 Å². The molecule has 25 heavy (non-hydrogen) atoms. The number of benzene rings is 2. The molecule has 2 rings (SSSR count). The fourth-order valence-corrected chi connectivity index (χ4v) is 2.14. The molecule has 7 heteroatoms. The molecule has 2 aromatic rings. The standard InChI is InChI=1S/C18H19FN2O4/c1-3-25-11-13-10-12(8-9-16(13)24-2)17(22)20-21-18(23)14-6-4-5-7-15(14)19/h4-10H,3,11H2,1-2H3,(H,20,22)(H,21,23). The highest BCUT2D eigenvalue weighted by atomic mass is 19.1. The van der Waals surface area contributed by atoms with E-state index in [1.54, 1.807) is 18.2 Å². The number of hydrogen-bond acceptors (Lipinski definition) is 4. The van der Waals surface area contributed by atoms with Gasteiger partial charge in [-0.05, 0) is 37.3 Å². The third kappa shape index (κ3) is 4.77. The van der Waals surface area contributed by atoms with E-state index >= 15 is 0 Å². The van der Waals surface area contributed by atoms with E-state index in [0.717, 1.165) is 0 Å². The van der Waals surface area contributed by atoms with Crippen LogP contribution in [0.3, 0.4) is 0 Å². The van der Waals surface area contributed by atoms with Crippen molar-refractivity contribution in [2.24, 2.45) is 0 Å². The molecule has 0 saturated carbocycles. The maximum Gasteiger partial charge on any atom is 0.272 e. The molecule has 2 aromatic carbocycles. The summed E-state index contributed by atoms with van der Waals surface area (Å²) in [6.07, 6.45) is 0. The summed E-state index contributed by atoms with van der Waals surface area (Å²) < 4.78 is 24.1. The number of carbonyl (C=O) groups excluding carboxylic acids is 2. The number of rotatable bonds is 6. The minimum absolute atomic E-state index is 0.158. The van der Waals surface area contributed by atoms with Crippen LogP contribution in [0.25, 0.3) is 0 Å². The van der Waals surface area contributed by atoms with Crippen molar-refractivity contribution in [2.75, 3.05) is 13.7 Å². The first kappa shape index (κ1) is 18.4. The zero-order valence-electron chi connectivity index (χ0n) is 14.0. The molecule has 132 valence electrons. The van der Waals surface area contributed by atoms with Gasteiger partial charge in [-0.25, -0.2) is 4.39 Å². The third-order valence-electron chi connectivity index (χ3n) is 3.41. The predicted molar refractivity (Wildman–Crippen MR) is 89.7 cm³/mol. The first-order chi connectivity index (χ1) is 12.1. The normalized spacial score (nSPS) is 10.2.